The summed E-state index contributed by atoms with van der Waals surface area (Å²) in [6, 6.07) is 19.1. The first-order valence-corrected chi connectivity index (χ1v) is 8.96. The van der Waals surface area contributed by atoms with Crippen molar-refractivity contribution in [3.8, 4) is 5.75 Å². The number of nitrogens with one attached hydrogen (secondary N) is 1. The average molecular weight is 386 g/mol. The fourth-order valence-corrected chi connectivity index (χ4v) is 2.92. The third-order valence-electron chi connectivity index (χ3n) is 4.36. The summed E-state index contributed by atoms with van der Waals surface area (Å²) >= 11 is 0. The molecule has 7 heteroatoms. The molecule has 3 N–H and O–H groups in total. The molecule has 0 spiro atoms. The van der Waals surface area contributed by atoms with Crippen molar-refractivity contribution in [1.29, 1.82) is 0 Å². The van der Waals surface area contributed by atoms with Crippen LogP contribution in [0.15, 0.2) is 79.1 Å². The van der Waals surface area contributed by atoms with Gasteiger partial charge in [-0.05, 0) is 48.5 Å². The molecule has 144 valence electrons. The van der Waals surface area contributed by atoms with Gasteiger partial charge < -0.3 is 20.2 Å². The Hall–Kier alpha value is -4.13. The summed E-state index contributed by atoms with van der Waals surface area (Å²) in [5, 5.41) is 2.71. The molecular formula is C22H18N4O3. The predicted octanol–water partition coefficient (Wildman–Crippen LogP) is 3.26. The van der Waals surface area contributed by atoms with E-state index >= 15 is 0 Å². The fourth-order valence-electron chi connectivity index (χ4n) is 2.92. The number of benzene rings is 2. The second kappa shape index (κ2) is 7.85. The van der Waals surface area contributed by atoms with Crippen LogP contribution in [0.25, 0.3) is 5.65 Å². The van der Waals surface area contributed by atoms with Gasteiger partial charge in [-0.1, -0.05) is 18.2 Å². The zero-order valence-corrected chi connectivity index (χ0v) is 15.4. The summed E-state index contributed by atoms with van der Waals surface area (Å²) in [6.45, 7) is 0.319. The highest BCUT2D eigenvalue weighted by Gasteiger charge is 2.12. The number of hydrogen-bond acceptors (Lipinski definition) is 4. The molecule has 0 aliphatic carbocycles. The first-order valence-electron chi connectivity index (χ1n) is 8.96. The standard InChI is InChI=1S/C22H18N4O3/c23-21(27)18-5-1-2-6-19(18)25-22(28)15-8-10-17(11-9-15)29-14-16-13-26-12-4-3-7-20(26)24-16/h1-13H,14H2,(H2,23,27)(H,25,28). The van der Waals surface area contributed by atoms with E-state index in [1.807, 2.05) is 35.0 Å². The van der Waals surface area contributed by atoms with Crippen LogP contribution in [0.1, 0.15) is 26.4 Å². The van der Waals surface area contributed by atoms with Gasteiger partial charge in [-0.2, -0.15) is 0 Å². The molecule has 2 aromatic carbocycles. The van der Waals surface area contributed by atoms with E-state index in [9.17, 15) is 9.59 Å². The van der Waals surface area contributed by atoms with E-state index in [0.29, 0.717) is 23.6 Å². The first kappa shape index (κ1) is 18.2. The Morgan fingerprint density at radius 3 is 2.52 bits per heavy atom. The molecular weight excluding hydrogens is 368 g/mol. The first-order chi connectivity index (χ1) is 14.1. The molecule has 4 rings (SSSR count). The highest BCUT2D eigenvalue weighted by atomic mass is 16.5. The smallest absolute Gasteiger partial charge is 0.255 e. The van der Waals surface area contributed by atoms with Crippen LogP contribution in [0.4, 0.5) is 5.69 Å². The number of imidazole rings is 1. The molecule has 7 nitrogen and oxygen atoms in total. The van der Waals surface area contributed by atoms with Crippen LogP contribution in [0.2, 0.25) is 0 Å². The van der Waals surface area contributed by atoms with Crippen molar-refractivity contribution in [2.24, 2.45) is 5.73 Å². The van der Waals surface area contributed by atoms with Gasteiger partial charge in [0.2, 0.25) is 0 Å². The lowest BCUT2D eigenvalue weighted by molar-refractivity contribution is 0.100. The van der Waals surface area contributed by atoms with E-state index in [0.717, 1.165) is 11.3 Å². The van der Waals surface area contributed by atoms with Crippen LogP contribution in [-0.4, -0.2) is 21.2 Å². The lowest BCUT2D eigenvalue weighted by Crippen LogP contribution is -2.18. The largest absolute Gasteiger partial charge is 0.487 e. The summed E-state index contributed by atoms with van der Waals surface area (Å²) in [5.41, 5.74) is 8.07. The van der Waals surface area contributed by atoms with Crippen LogP contribution in [0, 0.1) is 0 Å². The van der Waals surface area contributed by atoms with E-state index in [2.05, 4.69) is 10.3 Å². The molecule has 0 atom stereocenters. The van der Waals surface area contributed by atoms with Gasteiger partial charge in [0, 0.05) is 18.0 Å². The maximum Gasteiger partial charge on any atom is 0.255 e. The molecule has 0 radical (unpaired) electrons. The number of pyridine rings is 1. The maximum absolute atomic E-state index is 12.5. The Kier molecular flexibility index (Phi) is 4.94. The average Bonchev–Trinajstić information content (AvgIpc) is 3.16. The lowest BCUT2D eigenvalue weighted by atomic mass is 10.1. The highest BCUT2D eigenvalue weighted by Crippen LogP contribution is 2.18. The molecule has 2 heterocycles. The number of anilines is 1. The number of hydrogen-bond donors (Lipinski definition) is 2. The summed E-state index contributed by atoms with van der Waals surface area (Å²) < 4.78 is 7.68. The number of para-hydroxylation sites is 1. The van der Waals surface area contributed by atoms with Gasteiger partial charge in [-0.3, -0.25) is 9.59 Å². The molecule has 2 aromatic heterocycles. The normalized spacial score (nSPS) is 10.6. The van der Waals surface area contributed by atoms with E-state index < -0.39 is 5.91 Å². The van der Waals surface area contributed by atoms with Gasteiger partial charge in [0.05, 0.1) is 16.9 Å². The number of rotatable bonds is 6. The van der Waals surface area contributed by atoms with Gasteiger partial charge in [0.1, 0.15) is 18.0 Å². The van der Waals surface area contributed by atoms with Crippen molar-refractivity contribution >= 4 is 23.1 Å². The quantitative estimate of drug-likeness (QED) is 0.531. The zero-order chi connectivity index (χ0) is 20.2. The number of ether oxygens (including phenoxy) is 1. The van der Waals surface area contributed by atoms with Crippen LogP contribution in [-0.2, 0) is 6.61 Å². The summed E-state index contributed by atoms with van der Waals surface area (Å²) in [6.07, 6.45) is 3.84. The minimum absolute atomic E-state index is 0.258. The Labute approximate surface area is 166 Å². The third-order valence-corrected chi connectivity index (χ3v) is 4.36. The highest BCUT2D eigenvalue weighted by molar-refractivity contribution is 6.08. The Morgan fingerprint density at radius 2 is 1.76 bits per heavy atom. The molecule has 0 aliphatic rings. The van der Waals surface area contributed by atoms with Crippen molar-refractivity contribution in [3.05, 3.63) is 95.9 Å². The van der Waals surface area contributed by atoms with Crippen molar-refractivity contribution < 1.29 is 14.3 Å². The lowest BCUT2D eigenvalue weighted by Gasteiger charge is -2.09. The monoisotopic (exact) mass is 386 g/mol. The second-order valence-electron chi connectivity index (χ2n) is 6.38. The van der Waals surface area contributed by atoms with E-state index in [1.54, 1.807) is 48.5 Å². The molecule has 0 saturated carbocycles. The Bertz CT molecular complexity index is 1150. The van der Waals surface area contributed by atoms with Crippen molar-refractivity contribution in [1.82, 2.24) is 9.38 Å². The van der Waals surface area contributed by atoms with Crippen molar-refractivity contribution in [3.63, 3.8) is 0 Å². The molecule has 0 saturated heterocycles. The SMILES string of the molecule is NC(=O)c1ccccc1NC(=O)c1ccc(OCc2cn3ccccc3n2)cc1. The number of fused-ring (bicyclic) bond motifs is 1. The van der Waals surface area contributed by atoms with E-state index in [4.69, 9.17) is 10.5 Å². The number of carbonyl (C=O) groups is 2. The fraction of sp³-hybridized carbons (Fsp3) is 0.0455. The molecule has 0 fully saturated rings. The van der Waals surface area contributed by atoms with Gasteiger partial charge >= 0.3 is 0 Å². The second-order valence-corrected chi connectivity index (χ2v) is 6.38. The van der Waals surface area contributed by atoms with E-state index in [1.165, 1.54) is 0 Å². The number of primary amides is 1. The Morgan fingerprint density at radius 1 is 1.00 bits per heavy atom. The predicted molar refractivity (Wildman–Crippen MR) is 109 cm³/mol. The number of amides is 2. The molecule has 0 unspecified atom stereocenters. The van der Waals surface area contributed by atoms with Crippen LogP contribution >= 0.6 is 0 Å². The topological polar surface area (TPSA) is 98.7 Å². The zero-order valence-electron chi connectivity index (χ0n) is 15.4. The summed E-state index contributed by atoms with van der Waals surface area (Å²) in [7, 11) is 0. The summed E-state index contributed by atoms with van der Waals surface area (Å²) in [5.74, 6) is -0.321. The minimum atomic E-state index is -0.600. The van der Waals surface area contributed by atoms with Crippen molar-refractivity contribution in [2.45, 2.75) is 6.61 Å². The number of nitrogens with zero attached hydrogens (tertiary/aromatic N) is 2. The number of carbonyl (C=O) groups excluding carboxylic acids is 2. The third kappa shape index (κ3) is 4.08. The number of nitrogens with two attached hydrogens (primary N) is 1. The van der Waals surface area contributed by atoms with Crippen molar-refractivity contribution in [2.75, 3.05) is 5.32 Å². The van der Waals surface area contributed by atoms with E-state index in [-0.39, 0.29) is 11.5 Å². The van der Waals surface area contributed by atoms with Crippen LogP contribution in [0.3, 0.4) is 0 Å². The molecule has 4 aromatic rings. The van der Waals surface area contributed by atoms with Gasteiger partial charge in [-0.15, -0.1) is 0 Å². The molecule has 2 amide bonds. The minimum Gasteiger partial charge on any atom is -0.487 e. The van der Waals surface area contributed by atoms with Gasteiger partial charge in [0.25, 0.3) is 11.8 Å². The Balaban J connectivity index is 1.41. The van der Waals surface area contributed by atoms with Crippen LogP contribution in [0.5, 0.6) is 5.75 Å². The molecule has 0 bridgehead atoms. The summed E-state index contributed by atoms with van der Waals surface area (Å²) in [4.78, 5) is 28.4. The maximum atomic E-state index is 12.5. The number of aromatic nitrogens is 2. The molecule has 0 aliphatic heterocycles. The molecule has 29 heavy (non-hydrogen) atoms. The van der Waals surface area contributed by atoms with Gasteiger partial charge in [0.15, 0.2) is 0 Å². The van der Waals surface area contributed by atoms with Gasteiger partial charge in [-0.25, -0.2) is 4.98 Å². The van der Waals surface area contributed by atoms with Crippen LogP contribution < -0.4 is 15.8 Å².